The molecule has 162 valence electrons. The number of nitrogens with one attached hydrogen (secondary N) is 1. The van der Waals surface area contributed by atoms with Gasteiger partial charge in [0, 0.05) is 12.5 Å². The summed E-state index contributed by atoms with van der Waals surface area (Å²) >= 11 is 0. The van der Waals surface area contributed by atoms with Crippen LogP contribution in [0.4, 0.5) is 4.39 Å². The molecule has 4 atom stereocenters. The molecule has 31 heavy (non-hydrogen) atoms. The Labute approximate surface area is 181 Å². The number of halogens is 1. The van der Waals surface area contributed by atoms with E-state index in [1.807, 2.05) is 0 Å². The number of ketones is 1. The number of Topliss-reactive ketones (excluding diaryl/α,β-unsaturated/α-hetero) is 1. The number of carbonyl (C=O) groups excluding carboxylic acids is 1. The van der Waals surface area contributed by atoms with Gasteiger partial charge in [-0.3, -0.25) is 4.79 Å². The van der Waals surface area contributed by atoms with Crippen LogP contribution in [0.2, 0.25) is 0 Å². The normalized spacial score (nSPS) is 23.5. The fraction of sp³-hybridized carbons (Fsp3) is 0.391. The number of primary sulfonamides is 1. The summed E-state index contributed by atoms with van der Waals surface area (Å²) in [5.74, 6) is -0.694. The quantitative estimate of drug-likeness (QED) is 0.686. The average molecular weight is 442 g/mol. The Morgan fingerprint density at radius 3 is 2.61 bits per heavy atom. The molecule has 0 amide bonds. The van der Waals surface area contributed by atoms with E-state index in [0.717, 1.165) is 19.3 Å². The highest BCUT2D eigenvalue weighted by molar-refractivity contribution is 7.89. The summed E-state index contributed by atoms with van der Waals surface area (Å²) in [5, 5.41) is 18.0. The van der Waals surface area contributed by atoms with Gasteiger partial charge in [0.15, 0.2) is 5.78 Å². The molecule has 1 heterocycles. The number of sulfonamides is 1. The summed E-state index contributed by atoms with van der Waals surface area (Å²) in [4.78, 5) is 12.6. The first-order valence-corrected chi connectivity index (χ1v) is 11.9. The van der Waals surface area contributed by atoms with Gasteiger partial charge in [-0.2, -0.15) is 5.26 Å². The van der Waals surface area contributed by atoms with Crippen molar-refractivity contribution in [2.45, 2.75) is 49.1 Å². The molecule has 2 bridgehead atoms. The van der Waals surface area contributed by atoms with Crippen LogP contribution >= 0.6 is 0 Å². The highest BCUT2D eigenvalue weighted by atomic mass is 32.2. The molecule has 0 aromatic heterocycles. The van der Waals surface area contributed by atoms with Gasteiger partial charge in [-0.25, -0.2) is 17.9 Å². The van der Waals surface area contributed by atoms with E-state index in [2.05, 4.69) is 11.4 Å². The Hall–Kier alpha value is -2.60. The van der Waals surface area contributed by atoms with Crippen LogP contribution in [0.3, 0.4) is 0 Å². The summed E-state index contributed by atoms with van der Waals surface area (Å²) < 4.78 is 37.9. The fourth-order valence-electron chi connectivity index (χ4n) is 4.76. The number of benzene rings is 2. The third kappa shape index (κ3) is 4.69. The molecular formula is C23H24FN3O3S. The lowest BCUT2D eigenvalue weighted by Crippen LogP contribution is -2.42. The van der Waals surface area contributed by atoms with Crippen molar-refractivity contribution in [1.82, 2.24) is 5.32 Å². The standard InChI is InChI=1S/C23H24FN3O3S/c24-21-12-16(15-2-1-3-20(11-15)31(26,29)30)4-5-17(21)8-14(13-25)9-22(28)23-18-6-7-19(10-18)27-23/h1-5,11-12,14,18-19,23,27H,6-10H2,(H2,26,29,30)/t14?,18-,19+,23-/m0/s1. The van der Waals surface area contributed by atoms with Crippen LogP contribution in [0.25, 0.3) is 11.1 Å². The zero-order valence-corrected chi connectivity index (χ0v) is 17.7. The van der Waals surface area contributed by atoms with Crippen molar-refractivity contribution in [3.63, 3.8) is 0 Å². The minimum Gasteiger partial charge on any atom is -0.304 e. The SMILES string of the molecule is N#CC(CC(=O)[C@H]1N[C@@H]2CC[C@H]1C2)Cc1ccc(-c2cccc(S(N)(=O)=O)c2)cc1F. The molecule has 1 unspecified atom stereocenters. The maximum absolute atomic E-state index is 14.8. The Balaban J connectivity index is 1.46. The number of nitriles is 1. The molecule has 2 aromatic carbocycles. The molecule has 1 aliphatic heterocycles. The lowest BCUT2D eigenvalue weighted by Gasteiger charge is -2.22. The average Bonchev–Trinajstić information content (AvgIpc) is 3.37. The number of fused-ring (bicyclic) bond motifs is 2. The summed E-state index contributed by atoms with van der Waals surface area (Å²) in [6.07, 6.45) is 3.43. The summed E-state index contributed by atoms with van der Waals surface area (Å²) in [7, 11) is -3.86. The third-order valence-electron chi connectivity index (χ3n) is 6.35. The second-order valence-corrected chi connectivity index (χ2v) is 10.1. The molecule has 6 nitrogen and oxygen atoms in total. The lowest BCUT2D eigenvalue weighted by atomic mass is 9.88. The van der Waals surface area contributed by atoms with Crippen LogP contribution in [-0.2, 0) is 21.2 Å². The Morgan fingerprint density at radius 2 is 2.00 bits per heavy atom. The van der Waals surface area contributed by atoms with E-state index in [1.54, 1.807) is 24.3 Å². The second-order valence-electron chi connectivity index (χ2n) is 8.49. The van der Waals surface area contributed by atoms with Crippen LogP contribution in [0.5, 0.6) is 0 Å². The predicted octanol–water partition coefficient (Wildman–Crippen LogP) is 2.92. The molecule has 4 rings (SSSR count). The van der Waals surface area contributed by atoms with E-state index >= 15 is 0 Å². The van der Waals surface area contributed by atoms with E-state index in [-0.39, 0.29) is 29.6 Å². The number of nitrogens with zero attached hydrogens (tertiary/aromatic N) is 1. The van der Waals surface area contributed by atoms with E-state index in [1.165, 1.54) is 18.2 Å². The molecule has 2 aliphatic rings. The van der Waals surface area contributed by atoms with Crippen LogP contribution in [0.1, 0.15) is 31.2 Å². The predicted molar refractivity (Wildman–Crippen MR) is 114 cm³/mol. The Morgan fingerprint density at radius 1 is 1.23 bits per heavy atom. The number of carbonyl (C=O) groups is 1. The van der Waals surface area contributed by atoms with Crippen molar-refractivity contribution < 1.29 is 17.6 Å². The molecule has 1 saturated carbocycles. The first-order chi connectivity index (χ1) is 14.7. The molecule has 0 spiro atoms. The topological polar surface area (TPSA) is 113 Å². The van der Waals surface area contributed by atoms with Gasteiger partial charge in [-0.05, 0) is 66.5 Å². The largest absolute Gasteiger partial charge is 0.304 e. The van der Waals surface area contributed by atoms with Crippen molar-refractivity contribution in [1.29, 1.82) is 5.26 Å². The molecule has 2 fully saturated rings. The van der Waals surface area contributed by atoms with E-state index in [0.29, 0.717) is 28.7 Å². The highest BCUT2D eigenvalue weighted by Crippen LogP contribution is 2.36. The second kappa shape index (κ2) is 8.50. The van der Waals surface area contributed by atoms with Crippen LogP contribution in [0, 0.1) is 29.0 Å². The molecule has 0 radical (unpaired) electrons. The number of hydrogen-bond acceptors (Lipinski definition) is 5. The van der Waals surface area contributed by atoms with Gasteiger partial charge in [0.05, 0.1) is 22.9 Å². The van der Waals surface area contributed by atoms with Crippen LogP contribution < -0.4 is 10.5 Å². The van der Waals surface area contributed by atoms with Crippen molar-refractivity contribution in [3.05, 3.63) is 53.8 Å². The van der Waals surface area contributed by atoms with Gasteiger partial charge in [0.2, 0.25) is 10.0 Å². The first kappa shape index (κ1) is 21.6. The smallest absolute Gasteiger partial charge is 0.238 e. The zero-order chi connectivity index (χ0) is 22.2. The first-order valence-electron chi connectivity index (χ1n) is 10.3. The van der Waals surface area contributed by atoms with Crippen LogP contribution in [-0.4, -0.2) is 26.3 Å². The molecule has 2 aromatic rings. The van der Waals surface area contributed by atoms with Crippen LogP contribution in [0.15, 0.2) is 47.4 Å². The van der Waals surface area contributed by atoms with Gasteiger partial charge in [0.25, 0.3) is 0 Å². The number of rotatable bonds is 7. The minimum atomic E-state index is -3.86. The van der Waals surface area contributed by atoms with Gasteiger partial charge >= 0.3 is 0 Å². The van der Waals surface area contributed by atoms with E-state index < -0.39 is 21.8 Å². The fourth-order valence-corrected chi connectivity index (χ4v) is 5.32. The number of piperidine rings is 1. The molecule has 1 saturated heterocycles. The summed E-state index contributed by atoms with van der Waals surface area (Å²) in [6.45, 7) is 0. The summed E-state index contributed by atoms with van der Waals surface area (Å²) in [5.41, 5.74) is 1.38. The zero-order valence-electron chi connectivity index (χ0n) is 16.9. The van der Waals surface area contributed by atoms with Gasteiger partial charge in [-0.15, -0.1) is 0 Å². The Bertz CT molecular complexity index is 1160. The van der Waals surface area contributed by atoms with Crippen molar-refractivity contribution in [2.24, 2.45) is 17.0 Å². The maximum atomic E-state index is 14.8. The molecule has 8 heteroatoms. The molecule has 1 aliphatic carbocycles. The highest BCUT2D eigenvalue weighted by Gasteiger charge is 2.42. The van der Waals surface area contributed by atoms with Gasteiger partial charge in [-0.1, -0.05) is 24.3 Å². The number of hydrogen-bond donors (Lipinski definition) is 2. The molecular weight excluding hydrogens is 417 g/mol. The van der Waals surface area contributed by atoms with Gasteiger partial charge in [0.1, 0.15) is 5.82 Å². The lowest BCUT2D eigenvalue weighted by molar-refractivity contribution is -0.122. The van der Waals surface area contributed by atoms with Crippen molar-refractivity contribution in [3.8, 4) is 17.2 Å². The van der Waals surface area contributed by atoms with Crippen molar-refractivity contribution >= 4 is 15.8 Å². The van der Waals surface area contributed by atoms with Crippen molar-refractivity contribution in [2.75, 3.05) is 0 Å². The van der Waals surface area contributed by atoms with E-state index in [9.17, 15) is 22.9 Å². The van der Waals surface area contributed by atoms with Gasteiger partial charge < -0.3 is 5.32 Å². The Kier molecular flexibility index (Phi) is 5.93. The van der Waals surface area contributed by atoms with E-state index in [4.69, 9.17) is 5.14 Å². The maximum Gasteiger partial charge on any atom is 0.238 e. The molecule has 3 N–H and O–H groups in total. The minimum absolute atomic E-state index is 0.0376. The third-order valence-corrected chi connectivity index (χ3v) is 7.26. The summed E-state index contributed by atoms with van der Waals surface area (Å²) in [6, 6.07) is 12.9. The number of nitrogens with two attached hydrogens (primary N) is 1. The monoisotopic (exact) mass is 441 g/mol.